The molecule has 0 amide bonds. The van der Waals surface area contributed by atoms with Crippen molar-refractivity contribution in [1.82, 2.24) is 4.90 Å². The molecule has 0 aromatic heterocycles. The van der Waals surface area contributed by atoms with Gasteiger partial charge < -0.3 is 10.0 Å². The Balaban J connectivity index is 0.000000754. The summed E-state index contributed by atoms with van der Waals surface area (Å²) >= 11 is 0. The molecule has 0 aromatic rings. The zero-order chi connectivity index (χ0) is 17.9. The Labute approximate surface area is 149 Å². The van der Waals surface area contributed by atoms with Crippen LogP contribution in [0.5, 0.6) is 0 Å². The molecule has 0 aromatic carbocycles. The van der Waals surface area contributed by atoms with Gasteiger partial charge in [-0.15, -0.1) is 0 Å². The van der Waals surface area contributed by atoms with E-state index in [1.807, 2.05) is 6.92 Å². The standard InChI is InChI=1S/C17H31N.C4H8O2/c1-2-3-4-5-6-7-8-9-10-12-15-18-16-13-11-14-17-18;1-2-3-4(5)6/h11,13-14,16H,2-10,12,15,17H2,1H3;2-3H2,1H3,(H,5,6). The van der Waals surface area contributed by atoms with Gasteiger partial charge in [-0.05, 0) is 25.1 Å². The van der Waals surface area contributed by atoms with Crippen molar-refractivity contribution < 1.29 is 9.90 Å². The minimum Gasteiger partial charge on any atom is -0.481 e. The Morgan fingerprint density at radius 3 is 1.88 bits per heavy atom. The van der Waals surface area contributed by atoms with Crippen LogP contribution in [-0.4, -0.2) is 29.1 Å². The zero-order valence-electron chi connectivity index (χ0n) is 16.0. The van der Waals surface area contributed by atoms with Crippen LogP contribution in [0.2, 0.25) is 0 Å². The minimum absolute atomic E-state index is 0.292. The van der Waals surface area contributed by atoms with Gasteiger partial charge in [-0.25, -0.2) is 0 Å². The lowest BCUT2D eigenvalue weighted by Crippen LogP contribution is -2.19. The maximum absolute atomic E-state index is 9.60. The van der Waals surface area contributed by atoms with Gasteiger partial charge in [0.25, 0.3) is 0 Å². The Hall–Kier alpha value is -1.25. The molecule has 140 valence electrons. The van der Waals surface area contributed by atoms with Crippen molar-refractivity contribution in [3.05, 3.63) is 24.4 Å². The fourth-order valence-electron chi connectivity index (χ4n) is 2.69. The molecular weight excluding hydrogens is 298 g/mol. The predicted molar refractivity (Wildman–Crippen MR) is 104 cm³/mol. The normalized spacial score (nSPS) is 12.8. The van der Waals surface area contributed by atoms with Crippen LogP contribution in [-0.2, 0) is 4.79 Å². The molecule has 1 heterocycles. The lowest BCUT2D eigenvalue weighted by Gasteiger charge is -2.20. The van der Waals surface area contributed by atoms with Crippen molar-refractivity contribution in [2.75, 3.05) is 13.1 Å². The Morgan fingerprint density at radius 1 is 0.875 bits per heavy atom. The first kappa shape index (κ1) is 22.8. The van der Waals surface area contributed by atoms with Crippen molar-refractivity contribution in [3.63, 3.8) is 0 Å². The molecule has 0 radical (unpaired) electrons. The smallest absolute Gasteiger partial charge is 0.303 e. The molecule has 1 aliphatic heterocycles. The Kier molecular flexibility index (Phi) is 17.2. The summed E-state index contributed by atoms with van der Waals surface area (Å²) in [5.74, 6) is -0.711. The van der Waals surface area contributed by atoms with Gasteiger partial charge in [-0.1, -0.05) is 83.8 Å². The summed E-state index contributed by atoms with van der Waals surface area (Å²) in [7, 11) is 0. The van der Waals surface area contributed by atoms with Crippen LogP contribution >= 0.6 is 0 Å². The molecule has 24 heavy (non-hydrogen) atoms. The number of aliphatic carboxylic acids is 1. The number of carbonyl (C=O) groups is 1. The SMILES string of the molecule is CCCC(=O)O.CCCCCCCCCCCCN1C=CC=CC1. The number of nitrogens with zero attached hydrogens (tertiary/aromatic N) is 1. The number of rotatable bonds is 13. The van der Waals surface area contributed by atoms with E-state index in [2.05, 4.69) is 36.3 Å². The second kappa shape index (κ2) is 18.1. The first-order chi connectivity index (χ1) is 11.7. The van der Waals surface area contributed by atoms with Gasteiger partial charge in [-0.3, -0.25) is 4.79 Å². The molecule has 0 atom stereocenters. The van der Waals surface area contributed by atoms with E-state index in [0.717, 1.165) is 13.0 Å². The summed E-state index contributed by atoms with van der Waals surface area (Å²) in [6.45, 7) is 6.46. The summed E-state index contributed by atoms with van der Waals surface area (Å²) in [6.07, 6.45) is 24.0. The van der Waals surface area contributed by atoms with Crippen molar-refractivity contribution in [2.45, 2.75) is 90.9 Å². The average molecular weight is 338 g/mol. The van der Waals surface area contributed by atoms with Gasteiger partial charge in [0, 0.05) is 19.5 Å². The number of carboxylic acid groups (broad SMARTS) is 1. The third-order valence-electron chi connectivity index (χ3n) is 4.15. The molecule has 1 N–H and O–H groups in total. The molecule has 0 saturated carbocycles. The van der Waals surface area contributed by atoms with Crippen molar-refractivity contribution in [2.24, 2.45) is 0 Å². The molecule has 0 saturated heterocycles. The average Bonchev–Trinajstić information content (AvgIpc) is 2.58. The van der Waals surface area contributed by atoms with E-state index >= 15 is 0 Å². The topological polar surface area (TPSA) is 40.5 Å². The highest BCUT2D eigenvalue weighted by Gasteiger charge is 1.99. The van der Waals surface area contributed by atoms with Crippen LogP contribution in [0.3, 0.4) is 0 Å². The summed E-state index contributed by atoms with van der Waals surface area (Å²) in [4.78, 5) is 12.0. The lowest BCUT2D eigenvalue weighted by molar-refractivity contribution is -0.137. The Bertz CT molecular complexity index is 337. The van der Waals surface area contributed by atoms with Crippen LogP contribution in [0.15, 0.2) is 24.4 Å². The number of unbranched alkanes of at least 4 members (excludes halogenated alkanes) is 9. The van der Waals surface area contributed by atoms with E-state index in [1.54, 1.807) is 0 Å². The first-order valence-corrected chi connectivity index (χ1v) is 9.99. The summed E-state index contributed by atoms with van der Waals surface area (Å²) in [5.41, 5.74) is 0. The molecule has 3 heteroatoms. The van der Waals surface area contributed by atoms with Crippen LogP contribution < -0.4 is 0 Å². The van der Waals surface area contributed by atoms with E-state index in [0.29, 0.717) is 6.42 Å². The number of carboxylic acids is 1. The van der Waals surface area contributed by atoms with Crippen LogP contribution in [0.25, 0.3) is 0 Å². The number of allylic oxidation sites excluding steroid dienone is 2. The number of hydrogen-bond donors (Lipinski definition) is 1. The van der Waals surface area contributed by atoms with Gasteiger partial charge in [0.05, 0.1) is 0 Å². The maximum Gasteiger partial charge on any atom is 0.303 e. The summed E-state index contributed by atoms with van der Waals surface area (Å²) in [5, 5.41) is 7.91. The highest BCUT2D eigenvalue weighted by Crippen LogP contribution is 2.11. The Morgan fingerprint density at radius 2 is 1.46 bits per heavy atom. The van der Waals surface area contributed by atoms with E-state index in [4.69, 9.17) is 5.11 Å². The second-order valence-electron chi connectivity index (χ2n) is 6.59. The van der Waals surface area contributed by atoms with E-state index in [-0.39, 0.29) is 0 Å². The molecule has 0 aliphatic carbocycles. The van der Waals surface area contributed by atoms with Gasteiger partial charge in [0.2, 0.25) is 0 Å². The van der Waals surface area contributed by atoms with Crippen LogP contribution in [0.4, 0.5) is 0 Å². The fourth-order valence-corrected chi connectivity index (χ4v) is 2.69. The first-order valence-electron chi connectivity index (χ1n) is 9.99. The van der Waals surface area contributed by atoms with Gasteiger partial charge >= 0.3 is 5.97 Å². The molecule has 3 nitrogen and oxygen atoms in total. The van der Waals surface area contributed by atoms with Gasteiger partial charge in [0.1, 0.15) is 0 Å². The molecule has 0 fully saturated rings. The largest absolute Gasteiger partial charge is 0.481 e. The molecule has 0 bridgehead atoms. The molecule has 0 spiro atoms. The van der Waals surface area contributed by atoms with Crippen LogP contribution in [0.1, 0.15) is 90.9 Å². The number of hydrogen-bond acceptors (Lipinski definition) is 2. The second-order valence-corrected chi connectivity index (χ2v) is 6.59. The zero-order valence-corrected chi connectivity index (χ0v) is 16.0. The fraction of sp³-hybridized carbons (Fsp3) is 0.762. The highest BCUT2D eigenvalue weighted by atomic mass is 16.4. The molecule has 0 unspecified atom stereocenters. The predicted octanol–water partition coefficient (Wildman–Crippen LogP) is 6.16. The van der Waals surface area contributed by atoms with Crippen molar-refractivity contribution >= 4 is 5.97 Å². The lowest BCUT2D eigenvalue weighted by atomic mass is 10.1. The third kappa shape index (κ3) is 17.1. The molecule has 1 aliphatic rings. The summed E-state index contributed by atoms with van der Waals surface area (Å²) < 4.78 is 0. The third-order valence-corrected chi connectivity index (χ3v) is 4.15. The van der Waals surface area contributed by atoms with Crippen molar-refractivity contribution in [3.8, 4) is 0 Å². The quantitative estimate of drug-likeness (QED) is 0.409. The van der Waals surface area contributed by atoms with E-state index < -0.39 is 5.97 Å². The van der Waals surface area contributed by atoms with E-state index in [1.165, 1.54) is 70.8 Å². The molecule has 1 rings (SSSR count). The molecular formula is C21H39NO2. The monoisotopic (exact) mass is 337 g/mol. The minimum atomic E-state index is -0.711. The maximum atomic E-state index is 9.60. The van der Waals surface area contributed by atoms with Crippen LogP contribution in [0, 0.1) is 0 Å². The highest BCUT2D eigenvalue weighted by molar-refractivity contribution is 5.66. The van der Waals surface area contributed by atoms with Crippen molar-refractivity contribution in [1.29, 1.82) is 0 Å². The van der Waals surface area contributed by atoms with E-state index in [9.17, 15) is 4.79 Å². The summed E-state index contributed by atoms with van der Waals surface area (Å²) in [6, 6.07) is 0. The van der Waals surface area contributed by atoms with Gasteiger partial charge in [-0.2, -0.15) is 0 Å². The van der Waals surface area contributed by atoms with Gasteiger partial charge in [0.15, 0.2) is 0 Å².